The number of hydrogen-bond donors (Lipinski definition) is 0. The molecule has 36 heavy (non-hydrogen) atoms. The van der Waals surface area contributed by atoms with Crippen LogP contribution in [0.2, 0.25) is 0 Å². The number of imide groups is 1. The molecule has 2 aliphatic rings. The number of amides is 4. The number of anilines is 2. The molecule has 0 aliphatic carbocycles. The Balaban J connectivity index is 1.45. The molecule has 0 N–H and O–H groups in total. The van der Waals surface area contributed by atoms with E-state index >= 15 is 8.78 Å². The van der Waals surface area contributed by atoms with Gasteiger partial charge in [0.25, 0.3) is 5.91 Å². The maximum absolute atomic E-state index is 15.1. The monoisotopic (exact) mass is 487 g/mol. The maximum atomic E-state index is 15.1. The van der Waals surface area contributed by atoms with E-state index in [1.54, 1.807) is 24.3 Å². The zero-order valence-electron chi connectivity index (χ0n) is 19.1. The van der Waals surface area contributed by atoms with Gasteiger partial charge in [-0.1, -0.05) is 30.0 Å². The molecule has 3 heterocycles. The second-order valence-electron chi connectivity index (χ2n) is 8.57. The zero-order valence-corrected chi connectivity index (χ0v) is 19.1. The Labute approximate surface area is 205 Å². The van der Waals surface area contributed by atoms with Crippen LogP contribution in [0.25, 0.3) is 0 Å². The fourth-order valence-corrected chi connectivity index (χ4v) is 4.45. The van der Waals surface area contributed by atoms with Crippen LogP contribution in [0.1, 0.15) is 24.5 Å². The van der Waals surface area contributed by atoms with Crippen LogP contribution in [0.4, 0.5) is 25.0 Å². The Kier molecular flexibility index (Phi) is 5.68. The summed E-state index contributed by atoms with van der Waals surface area (Å²) in [5.74, 6) is 1.88. The van der Waals surface area contributed by atoms with E-state index in [1.807, 2.05) is 6.07 Å². The Bertz CT molecular complexity index is 1420. The molecule has 2 saturated heterocycles. The van der Waals surface area contributed by atoms with Crippen LogP contribution in [-0.4, -0.2) is 51.3 Å². The van der Waals surface area contributed by atoms with Crippen molar-refractivity contribution in [3.05, 3.63) is 83.9 Å². The van der Waals surface area contributed by atoms with Crippen LogP contribution in [0.3, 0.4) is 0 Å². The predicted molar refractivity (Wildman–Crippen MR) is 126 cm³/mol. The summed E-state index contributed by atoms with van der Waals surface area (Å²) < 4.78 is 30.2. The molecule has 180 valence electrons. The molecule has 1 atom stereocenters. The van der Waals surface area contributed by atoms with Gasteiger partial charge in [0.15, 0.2) is 11.6 Å². The van der Waals surface area contributed by atoms with Crippen LogP contribution in [0, 0.1) is 23.5 Å². The maximum Gasteiger partial charge on any atom is 0.332 e. The minimum absolute atomic E-state index is 0.0453. The SMILES string of the molecule is CC12CC(=O)N(c3c(F)cc(C#Cc4ccccc4)cc3F)C(=O)N1CCN(c1cncnc1)C2=O. The highest BCUT2D eigenvalue weighted by Crippen LogP contribution is 2.37. The summed E-state index contributed by atoms with van der Waals surface area (Å²) in [6, 6.07) is 9.88. The zero-order chi connectivity index (χ0) is 25.4. The standard InChI is InChI=1S/C26H19F2N5O3/c1-26-13-22(34)33(25(36)32(26)10-9-31(24(26)35)19-14-29-16-30-15-19)23-20(27)11-18(12-21(23)28)8-7-17-5-3-2-4-6-17/h2-6,11-12,14-16H,9-10,13H2,1H3. The van der Waals surface area contributed by atoms with Gasteiger partial charge in [-0.15, -0.1) is 0 Å². The van der Waals surface area contributed by atoms with Crippen molar-refractivity contribution in [1.82, 2.24) is 14.9 Å². The molecule has 10 heteroatoms. The highest BCUT2D eigenvalue weighted by molar-refractivity contribution is 6.20. The number of benzene rings is 2. The molecule has 8 nitrogen and oxygen atoms in total. The molecular weight excluding hydrogens is 468 g/mol. The molecule has 4 amide bonds. The van der Waals surface area contributed by atoms with Crippen molar-refractivity contribution >= 4 is 29.2 Å². The summed E-state index contributed by atoms with van der Waals surface area (Å²) in [6.07, 6.45) is 3.78. The largest absolute Gasteiger partial charge is 0.332 e. The lowest BCUT2D eigenvalue weighted by Crippen LogP contribution is -2.73. The van der Waals surface area contributed by atoms with Crippen LogP contribution >= 0.6 is 0 Å². The van der Waals surface area contributed by atoms with E-state index in [1.165, 1.54) is 35.4 Å². The fourth-order valence-electron chi connectivity index (χ4n) is 4.45. The number of hydrogen-bond acceptors (Lipinski definition) is 5. The summed E-state index contributed by atoms with van der Waals surface area (Å²) >= 11 is 0. The Morgan fingerprint density at radius 2 is 1.56 bits per heavy atom. The molecule has 0 bridgehead atoms. The van der Waals surface area contributed by atoms with Crippen LogP contribution in [-0.2, 0) is 9.59 Å². The topological polar surface area (TPSA) is 86.7 Å². The van der Waals surface area contributed by atoms with Gasteiger partial charge in [-0.2, -0.15) is 0 Å². The number of halogens is 2. The Morgan fingerprint density at radius 3 is 2.22 bits per heavy atom. The smallest absolute Gasteiger partial charge is 0.307 e. The first kappa shape index (κ1) is 23.1. The van der Waals surface area contributed by atoms with Crippen LogP contribution in [0.15, 0.2) is 61.2 Å². The summed E-state index contributed by atoms with van der Waals surface area (Å²) in [6.45, 7) is 1.62. The number of carbonyl (C=O) groups is 3. The van der Waals surface area contributed by atoms with Crippen LogP contribution in [0.5, 0.6) is 0 Å². The third kappa shape index (κ3) is 3.84. The normalized spacial score (nSPS) is 19.6. The van der Waals surface area contributed by atoms with Gasteiger partial charge >= 0.3 is 6.03 Å². The first-order chi connectivity index (χ1) is 17.3. The number of rotatable bonds is 2. The summed E-state index contributed by atoms with van der Waals surface area (Å²) in [4.78, 5) is 50.6. The van der Waals surface area contributed by atoms with Gasteiger partial charge in [0.2, 0.25) is 5.91 Å². The molecule has 2 aromatic carbocycles. The van der Waals surface area contributed by atoms with Gasteiger partial charge in [-0.05, 0) is 31.2 Å². The van der Waals surface area contributed by atoms with E-state index in [9.17, 15) is 14.4 Å². The lowest BCUT2D eigenvalue weighted by Gasteiger charge is -2.51. The van der Waals surface area contributed by atoms with Gasteiger partial charge in [0, 0.05) is 24.2 Å². The Morgan fingerprint density at radius 1 is 0.917 bits per heavy atom. The highest BCUT2D eigenvalue weighted by Gasteiger charge is 2.56. The van der Waals surface area contributed by atoms with E-state index in [4.69, 9.17) is 0 Å². The molecule has 0 spiro atoms. The quantitative estimate of drug-likeness (QED) is 0.519. The molecular formula is C26H19F2N5O3. The predicted octanol–water partition coefficient (Wildman–Crippen LogP) is 3.12. The van der Waals surface area contributed by atoms with Gasteiger partial charge in [0.05, 0.1) is 24.5 Å². The number of carbonyl (C=O) groups excluding carboxylic acids is 3. The van der Waals surface area contributed by atoms with Crippen molar-refractivity contribution in [1.29, 1.82) is 0 Å². The van der Waals surface area contributed by atoms with Gasteiger partial charge in [0.1, 0.15) is 17.6 Å². The molecule has 3 aromatic rings. The molecule has 1 aromatic heterocycles. The summed E-state index contributed by atoms with van der Waals surface area (Å²) in [7, 11) is 0. The van der Waals surface area contributed by atoms with E-state index in [0.717, 1.165) is 12.1 Å². The summed E-state index contributed by atoms with van der Waals surface area (Å²) in [5, 5.41) is 0. The first-order valence-electron chi connectivity index (χ1n) is 11.1. The minimum Gasteiger partial charge on any atom is -0.307 e. The molecule has 0 saturated carbocycles. The van der Waals surface area contributed by atoms with Gasteiger partial charge < -0.3 is 9.80 Å². The van der Waals surface area contributed by atoms with Gasteiger partial charge in [-0.25, -0.2) is 28.4 Å². The minimum atomic E-state index is -1.52. The van der Waals surface area contributed by atoms with Crippen molar-refractivity contribution < 1.29 is 23.2 Å². The molecule has 2 aliphatic heterocycles. The van der Waals surface area contributed by atoms with E-state index < -0.39 is 47.1 Å². The second kappa shape index (κ2) is 8.85. The van der Waals surface area contributed by atoms with E-state index in [0.29, 0.717) is 16.2 Å². The first-order valence-corrected chi connectivity index (χ1v) is 11.1. The average Bonchev–Trinajstić information content (AvgIpc) is 2.86. The fraction of sp³-hybridized carbons (Fsp3) is 0.192. The van der Waals surface area contributed by atoms with Gasteiger partial charge in [-0.3, -0.25) is 9.59 Å². The highest BCUT2D eigenvalue weighted by atomic mass is 19.1. The van der Waals surface area contributed by atoms with E-state index in [-0.39, 0.29) is 18.7 Å². The summed E-state index contributed by atoms with van der Waals surface area (Å²) in [5.41, 5.74) is -1.17. The van der Waals surface area contributed by atoms with Crippen molar-refractivity contribution in [3.8, 4) is 11.8 Å². The molecule has 1 unspecified atom stereocenters. The van der Waals surface area contributed by atoms with Crippen molar-refractivity contribution in [2.45, 2.75) is 18.9 Å². The lowest BCUT2D eigenvalue weighted by molar-refractivity contribution is -0.137. The second-order valence-corrected chi connectivity index (χ2v) is 8.57. The number of fused-ring (bicyclic) bond motifs is 1. The average molecular weight is 487 g/mol. The molecule has 2 fully saturated rings. The number of piperazine rings is 1. The van der Waals surface area contributed by atoms with Crippen molar-refractivity contribution in [2.75, 3.05) is 22.9 Å². The number of aromatic nitrogens is 2. The lowest BCUT2D eigenvalue weighted by atomic mass is 9.88. The van der Waals surface area contributed by atoms with E-state index in [2.05, 4.69) is 21.8 Å². The molecule has 0 radical (unpaired) electrons. The van der Waals surface area contributed by atoms with Crippen molar-refractivity contribution in [3.63, 3.8) is 0 Å². The third-order valence-electron chi connectivity index (χ3n) is 6.24. The molecule has 5 rings (SSSR count). The Hall–Kier alpha value is -4.65. The number of urea groups is 1. The van der Waals surface area contributed by atoms with Crippen LogP contribution < -0.4 is 9.80 Å². The van der Waals surface area contributed by atoms with Crippen molar-refractivity contribution in [2.24, 2.45) is 0 Å². The number of nitrogens with zero attached hydrogens (tertiary/aromatic N) is 5. The third-order valence-corrected chi connectivity index (χ3v) is 6.24.